The zero-order chi connectivity index (χ0) is 14.5. The molecule has 0 aliphatic carbocycles. The number of rotatable bonds is 4. The maximum absolute atomic E-state index is 9.34. The number of halogens is 1. The molecule has 0 aromatic heterocycles. The van der Waals surface area contributed by atoms with E-state index in [1.54, 1.807) is 31.4 Å². The maximum atomic E-state index is 9.34. The third kappa shape index (κ3) is 3.26. The maximum Gasteiger partial charge on any atom is 0.120 e. The molecule has 0 saturated heterocycles. The number of hydrogen-bond donors (Lipinski definition) is 2. The van der Waals surface area contributed by atoms with Gasteiger partial charge in [-0.15, -0.1) is 5.11 Å². The fraction of sp³-hybridized carbons (Fsp3) is 0.143. The topological polar surface area (TPSA) is 74.4 Å². The van der Waals surface area contributed by atoms with E-state index in [9.17, 15) is 10.2 Å². The molecule has 0 amide bonds. The predicted octanol–water partition coefficient (Wildman–Crippen LogP) is 3.96. The molecule has 104 valence electrons. The van der Waals surface area contributed by atoms with Gasteiger partial charge in [0.2, 0.25) is 0 Å². The van der Waals surface area contributed by atoms with Gasteiger partial charge in [-0.1, -0.05) is 11.6 Å². The second-order valence-electron chi connectivity index (χ2n) is 3.99. The zero-order valence-corrected chi connectivity index (χ0v) is 11.5. The number of benzene rings is 2. The van der Waals surface area contributed by atoms with Crippen molar-refractivity contribution in [1.82, 2.24) is 0 Å². The standard InChI is InChI=1S/C14H13ClN2O3/c1-20-11-3-5-14(12(15)7-11)17-16-13-4-2-10(19)6-9(13)8-18/h2-7,18-19H,8H2,1H3. The molecule has 2 rings (SSSR count). The molecule has 20 heavy (non-hydrogen) atoms. The first-order valence-corrected chi connectivity index (χ1v) is 6.20. The number of azo groups is 1. The van der Waals surface area contributed by atoms with E-state index in [-0.39, 0.29) is 12.4 Å². The molecule has 0 aliphatic rings. The molecule has 0 saturated carbocycles. The summed E-state index contributed by atoms with van der Waals surface area (Å²) in [6.45, 7) is -0.237. The third-order valence-electron chi connectivity index (χ3n) is 2.65. The summed E-state index contributed by atoms with van der Waals surface area (Å²) in [5.74, 6) is 0.699. The number of ether oxygens (including phenoxy) is 1. The van der Waals surface area contributed by atoms with Crippen LogP contribution in [0.5, 0.6) is 11.5 Å². The van der Waals surface area contributed by atoms with Crippen molar-refractivity contribution in [3.8, 4) is 11.5 Å². The van der Waals surface area contributed by atoms with E-state index in [0.29, 0.717) is 27.7 Å². The van der Waals surface area contributed by atoms with Gasteiger partial charge in [0, 0.05) is 11.6 Å². The molecule has 0 heterocycles. The number of phenols is 1. The molecule has 6 heteroatoms. The molecule has 2 aromatic carbocycles. The van der Waals surface area contributed by atoms with Crippen molar-refractivity contribution in [3.63, 3.8) is 0 Å². The van der Waals surface area contributed by atoms with E-state index < -0.39 is 0 Å². The summed E-state index contributed by atoms with van der Waals surface area (Å²) in [7, 11) is 1.55. The molecule has 0 unspecified atom stereocenters. The highest BCUT2D eigenvalue weighted by Gasteiger charge is 2.04. The van der Waals surface area contributed by atoms with E-state index in [1.807, 2.05) is 0 Å². The molecule has 0 aliphatic heterocycles. The van der Waals surface area contributed by atoms with Crippen molar-refractivity contribution < 1.29 is 14.9 Å². The minimum absolute atomic E-state index is 0.0653. The van der Waals surface area contributed by atoms with Crippen LogP contribution >= 0.6 is 11.6 Å². The van der Waals surface area contributed by atoms with Crippen molar-refractivity contribution >= 4 is 23.0 Å². The molecule has 0 spiro atoms. The lowest BCUT2D eigenvalue weighted by molar-refractivity contribution is 0.281. The van der Waals surface area contributed by atoms with E-state index in [1.165, 1.54) is 12.1 Å². The Hall–Kier alpha value is -2.11. The van der Waals surface area contributed by atoms with E-state index in [0.717, 1.165) is 0 Å². The normalized spacial score (nSPS) is 10.9. The van der Waals surface area contributed by atoms with Gasteiger partial charge in [0.25, 0.3) is 0 Å². The molecule has 0 fully saturated rings. The van der Waals surface area contributed by atoms with Gasteiger partial charge in [0.05, 0.1) is 24.4 Å². The highest BCUT2D eigenvalue weighted by atomic mass is 35.5. The van der Waals surface area contributed by atoms with E-state index in [2.05, 4.69) is 10.2 Å². The van der Waals surface area contributed by atoms with Crippen LogP contribution in [0.25, 0.3) is 0 Å². The molecule has 5 nitrogen and oxygen atoms in total. The van der Waals surface area contributed by atoms with Gasteiger partial charge in [-0.3, -0.25) is 0 Å². The Morgan fingerprint density at radius 3 is 2.45 bits per heavy atom. The van der Waals surface area contributed by atoms with Gasteiger partial charge in [-0.2, -0.15) is 5.11 Å². The summed E-state index contributed by atoms with van der Waals surface area (Å²) in [5.41, 5.74) is 1.44. The number of aromatic hydroxyl groups is 1. The molecule has 0 radical (unpaired) electrons. The fourth-order valence-electron chi connectivity index (χ4n) is 1.60. The number of hydrogen-bond acceptors (Lipinski definition) is 5. The lowest BCUT2D eigenvalue weighted by atomic mass is 10.2. The minimum Gasteiger partial charge on any atom is -0.508 e. The van der Waals surface area contributed by atoms with Crippen LogP contribution in [0.2, 0.25) is 5.02 Å². The Bertz CT molecular complexity index is 644. The van der Waals surface area contributed by atoms with Crippen LogP contribution in [0.4, 0.5) is 11.4 Å². The molecule has 2 aromatic rings. The minimum atomic E-state index is -0.237. The fourth-order valence-corrected chi connectivity index (χ4v) is 1.81. The lowest BCUT2D eigenvalue weighted by Crippen LogP contribution is -1.83. The second-order valence-corrected chi connectivity index (χ2v) is 4.40. The van der Waals surface area contributed by atoms with Crippen LogP contribution in [0, 0.1) is 0 Å². The summed E-state index contributed by atoms with van der Waals surface area (Å²) in [6, 6.07) is 9.53. The van der Waals surface area contributed by atoms with Crippen LogP contribution in [-0.4, -0.2) is 17.3 Å². The summed E-state index contributed by atoms with van der Waals surface area (Å²) in [4.78, 5) is 0. The largest absolute Gasteiger partial charge is 0.508 e. The molecule has 2 N–H and O–H groups in total. The van der Waals surface area contributed by atoms with Gasteiger partial charge in [0.1, 0.15) is 17.2 Å². The Labute approximate surface area is 121 Å². The second kappa shape index (κ2) is 6.36. The lowest BCUT2D eigenvalue weighted by Gasteiger charge is -2.03. The summed E-state index contributed by atoms with van der Waals surface area (Å²) >= 11 is 6.05. The summed E-state index contributed by atoms with van der Waals surface area (Å²) < 4.78 is 5.04. The van der Waals surface area contributed by atoms with Gasteiger partial charge >= 0.3 is 0 Å². The molecular weight excluding hydrogens is 280 g/mol. The Morgan fingerprint density at radius 1 is 1.10 bits per heavy atom. The Balaban J connectivity index is 2.29. The van der Waals surface area contributed by atoms with Gasteiger partial charge < -0.3 is 14.9 Å². The highest BCUT2D eigenvalue weighted by molar-refractivity contribution is 6.33. The van der Waals surface area contributed by atoms with Crippen molar-refractivity contribution in [2.45, 2.75) is 6.61 Å². The monoisotopic (exact) mass is 292 g/mol. The first-order chi connectivity index (χ1) is 9.63. The quantitative estimate of drug-likeness (QED) is 0.838. The van der Waals surface area contributed by atoms with Crippen molar-refractivity contribution in [3.05, 3.63) is 47.0 Å². The smallest absolute Gasteiger partial charge is 0.120 e. The van der Waals surface area contributed by atoms with Crippen LogP contribution in [0.3, 0.4) is 0 Å². The number of methoxy groups -OCH3 is 1. The summed E-state index contributed by atoms with van der Waals surface area (Å²) in [5, 5.41) is 27.0. The SMILES string of the molecule is COc1ccc(N=Nc2ccc(O)cc2CO)c(Cl)c1. The average molecular weight is 293 g/mol. The van der Waals surface area contributed by atoms with E-state index >= 15 is 0 Å². The van der Waals surface area contributed by atoms with Crippen molar-refractivity contribution in [1.29, 1.82) is 0 Å². The van der Waals surface area contributed by atoms with Gasteiger partial charge in [0.15, 0.2) is 0 Å². The molecule has 0 bridgehead atoms. The first kappa shape index (κ1) is 14.3. The average Bonchev–Trinajstić information content (AvgIpc) is 2.46. The van der Waals surface area contributed by atoms with Crippen LogP contribution in [0.15, 0.2) is 46.6 Å². The third-order valence-corrected chi connectivity index (χ3v) is 2.96. The Kier molecular flexibility index (Phi) is 4.55. The first-order valence-electron chi connectivity index (χ1n) is 5.82. The van der Waals surface area contributed by atoms with Crippen molar-refractivity contribution in [2.75, 3.05) is 7.11 Å². The predicted molar refractivity (Wildman–Crippen MR) is 76.2 cm³/mol. The number of phenolic OH excluding ortho intramolecular Hbond substituents is 1. The van der Waals surface area contributed by atoms with Crippen LogP contribution < -0.4 is 4.74 Å². The number of nitrogens with zero attached hydrogens (tertiary/aromatic N) is 2. The molecule has 0 atom stereocenters. The van der Waals surface area contributed by atoms with Crippen molar-refractivity contribution in [2.24, 2.45) is 10.2 Å². The Morgan fingerprint density at radius 2 is 1.80 bits per heavy atom. The van der Waals surface area contributed by atoms with Crippen LogP contribution in [0.1, 0.15) is 5.56 Å². The summed E-state index contributed by atoms with van der Waals surface area (Å²) in [6.07, 6.45) is 0. The number of aliphatic hydroxyl groups excluding tert-OH is 1. The highest BCUT2D eigenvalue weighted by Crippen LogP contribution is 2.31. The van der Waals surface area contributed by atoms with E-state index in [4.69, 9.17) is 16.3 Å². The van der Waals surface area contributed by atoms with Gasteiger partial charge in [-0.05, 0) is 30.3 Å². The molecular formula is C14H13ClN2O3. The van der Waals surface area contributed by atoms with Gasteiger partial charge in [-0.25, -0.2) is 0 Å². The number of aliphatic hydroxyl groups is 1. The zero-order valence-electron chi connectivity index (χ0n) is 10.7. The van der Waals surface area contributed by atoms with Crippen LogP contribution in [-0.2, 0) is 6.61 Å².